The molecule has 0 aliphatic carbocycles. The average Bonchev–Trinajstić information content (AvgIpc) is 2.49. The van der Waals surface area contributed by atoms with Gasteiger partial charge in [-0.25, -0.2) is 0 Å². The van der Waals surface area contributed by atoms with Crippen molar-refractivity contribution in [2.45, 2.75) is 26.7 Å². The van der Waals surface area contributed by atoms with Crippen molar-refractivity contribution in [1.29, 1.82) is 0 Å². The van der Waals surface area contributed by atoms with Crippen molar-refractivity contribution >= 4 is 11.9 Å². The second-order valence-corrected chi connectivity index (χ2v) is 4.94. The molecule has 0 heterocycles. The summed E-state index contributed by atoms with van der Waals surface area (Å²) in [5.74, 6) is 1.14. The number of hydrogen-bond acceptors (Lipinski definition) is 2. The highest BCUT2D eigenvalue weighted by atomic mass is 16.1. The van der Waals surface area contributed by atoms with Crippen molar-refractivity contribution in [3.8, 4) is 0 Å². The number of hydrogen-bond donors (Lipinski definition) is 3. The molecule has 0 bridgehead atoms. The van der Waals surface area contributed by atoms with E-state index in [0.717, 1.165) is 19.0 Å². The second-order valence-electron chi connectivity index (χ2n) is 4.94. The molecule has 0 saturated carbocycles. The van der Waals surface area contributed by atoms with E-state index in [-0.39, 0.29) is 5.91 Å². The van der Waals surface area contributed by atoms with E-state index in [0.29, 0.717) is 19.0 Å². The van der Waals surface area contributed by atoms with Crippen LogP contribution >= 0.6 is 0 Å². The molecule has 5 heteroatoms. The lowest BCUT2D eigenvalue weighted by atomic mass is 10.0. The Morgan fingerprint density at radius 2 is 1.81 bits per heavy atom. The van der Waals surface area contributed by atoms with Gasteiger partial charge in [0.1, 0.15) is 0 Å². The van der Waals surface area contributed by atoms with Crippen molar-refractivity contribution in [1.82, 2.24) is 16.0 Å². The van der Waals surface area contributed by atoms with Gasteiger partial charge in [0.2, 0.25) is 5.91 Å². The highest BCUT2D eigenvalue weighted by Crippen LogP contribution is 2.14. The highest BCUT2D eigenvalue weighted by molar-refractivity contribution is 5.79. The maximum absolute atomic E-state index is 10.8. The Kier molecular flexibility index (Phi) is 7.94. The lowest BCUT2D eigenvalue weighted by Gasteiger charge is -2.14. The molecule has 1 aromatic rings. The van der Waals surface area contributed by atoms with E-state index in [1.54, 1.807) is 0 Å². The molecule has 0 aromatic heterocycles. The fourth-order valence-electron chi connectivity index (χ4n) is 1.88. The zero-order valence-electron chi connectivity index (χ0n) is 13.1. The van der Waals surface area contributed by atoms with Gasteiger partial charge in [-0.1, -0.05) is 37.3 Å². The van der Waals surface area contributed by atoms with Crippen LogP contribution in [0.25, 0.3) is 0 Å². The molecule has 116 valence electrons. The number of benzene rings is 1. The van der Waals surface area contributed by atoms with Gasteiger partial charge in [-0.05, 0) is 12.5 Å². The summed E-state index contributed by atoms with van der Waals surface area (Å²) in [7, 11) is 0. The maximum Gasteiger partial charge on any atom is 0.216 e. The van der Waals surface area contributed by atoms with E-state index in [1.807, 2.05) is 25.1 Å². The van der Waals surface area contributed by atoms with Gasteiger partial charge in [0.15, 0.2) is 5.96 Å². The van der Waals surface area contributed by atoms with Crippen molar-refractivity contribution < 1.29 is 4.79 Å². The Labute approximate surface area is 127 Å². The Bertz CT molecular complexity index is 445. The minimum atomic E-state index is -0.0172. The van der Waals surface area contributed by atoms with Crippen LogP contribution in [0, 0.1) is 0 Å². The van der Waals surface area contributed by atoms with Gasteiger partial charge in [0.25, 0.3) is 0 Å². The number of rotatable bonds is 7. The third-order valence-corrected chi connectivity index (χ3v) is 3.03. The minimum absolute atomic E-state index is 0.0172. The Morgan fingerprint density at radius 1 is 1.14 bits per heavy atom. The molecule has 21 heavy (non-hydrogen) atoms. The molecule has 0 radical (unpaired) electrons. The van der Waals surface area contributed by atoms with Crippen molar-refractivity contribution in [2.24, 2.45) is 4.99 Å². The Hall–Kier alpha value is -2.04. The molecule has 1 atom stereocenters. The average molecular weight is 290 g/mol. The van der Waals surface area contributed by atoms with Crippen LogP contribution in [0.3, 0.4) is 0 Å². The van der Waals surface area contributed by atoms with E-state index in [4.69, 9.17) is 0 Å². The molecule has 3 N–H and O–H groups in total. The van der Waals surface area contributed by atoms with E-state index >= 15 is 0 Å². The van der Waals surface area contributed by atoms with Crippen LogP contribution < -0.4 is 16.0 Å². The minimum Gasteiger partial charge on any atom is -0.357 e. The summed E-state index contributed by atoms with van der Waals surface area (Å²) in [6.45, 7) is 8.50. The van der Waals surface area contributed by atoms with Gasteiger partial charge < -0.3 is 16.0 Å². The van der Waals surface area contributed by atoms with Crippen LogP contribution in [0.5, 0.6) is 0 Å². The molecule has 0 fully saturated rings. The van der Waals surface area contributed by atoms with Crippen molar-refractivity contribution in [3.05, 3.63) is 35.9 Å². The first kappa shape index (κ1) is 17.0. The summed E-state index contributed by atoms with van der Waals surface area (Å²) in [5, 5.41) is 9.16. The topological polar surface area (TPSA) is 65.5 Å². The summed E-state index contributed by atoms with van der Waals surface area (Å²) >= 11 is 0. The van der Waals surface area contributed by atoms with Crippen molar-refractivity contribution in [2.75, 3.05) is 26.2 Å². The standard InChI is InChI=1S/C16H26N4O/c1-4-17-16(19-11-10-18-14(3)21)20-12-13(2)15-8-6-5-7-9-15/h5-9,13H,4,10-12H2,1-3H3,(H,18,21)(H2,17,19,20). The molecule has 5 nitrogen and oxygen atoms in total. The van der Waals surface area contributed by atoms with Gasteiger partial charge in [-0.15, -0.1) is 0 Å². The smallest absolute Gasteiger partial charge is 0.216 e. The van der Waals surface area contributed by atoms with E-state index in [1.165, 1.54) is 12.5 Å². The molecule has 1 rings (SSSR count). The predicted octanol–water partition coefficient (Wildman–Crippen LogP) is 1.48. The molecular formula is C16H26N4O. The number of nitrogens with zero attached hydrogens (tertiary/aromatic N) is 1. The third-order valence-electron chi connectivity index (χ3n) is 3.03. The van der Waals surface area contributed by atoms with Gasteiger partial charge in [-0.2, -0.15) is 0 Å². The van der Waals surface area contributed by atoms with Gasteiger partial charge in [0.05, 0.1) is 0 Å². The van der Waals surface area contributed by atoms with Crippen LogP contribution in [-0.4, -0.2) is 38.0 Å². The third kappa shape index (κ3) is 7.34. The molecule has 0 saturated heterocycles. The van der Waals surface area contributed by atoms with Gasteiger partial charge >= 0.3 is 0 Å². The lowest BCUT2D eigenvalue weighted by Crippen LogP contribution is -2.41. The number of carbonyl (C=O) groups excluding carboxylic acids is 1. The maximum atomic E-state index is 10.8. The Balaban J connectivity index is 2.45. The number of aliphatic imine (C=N–C) groups is 1. The quantitative estimate of drug-likeness (QED) is 0.405. The van der Waals surface area contributed by atoms with Crippen LogP contribution in [0.1, 0.15) is 32.3 Å². The van der Waals surface area contributed by atoms with Gasteiger partial charge in [-0.3, -0.25) is 9.79 Å². The summed E-state index contributed by atoms with van der Waals surface area (Å²) in [4.78, 5) is 15.4. The second kappa shape index (κ2) is 9.80. The SMILES string of the molecule is CCNC(=NCC(C)c1ccccc1)NCCNC(C)=O. The van der Waals surface area contributed by atoms with E-state index in [2.05, 4.69) is 40.0 Å². The summed E-state index contributed by atoms with van der Waals surface area (Å²) in [5.41, 5.74) is 1.29. The fraction of sp³-hybridized carbons (Fsp3) is 0.500. The zero-order valence-corrected chi connectivity index (χ0v) is 13.1. The largest absolute Gasteiger partial charge is 0.357 e. The van der Waals surface area contributed by atoms with Crippen LogP contribution in [0.2, 0.25) is 0 Å². The number of carbonyl (C=O) groups is 1. The van der Waals surface area contributed by atoms with Crippen molar-refractivity contribution in [3.63, 3.8) is 0 Å². The summed E-state index contributed by atoms with van der Waals surface area (Å²) < 4.78 is 0. The molecule has 1 aromatic carbocycles. The first-order chi connectivity index (χ1) is 10.1. The monoisotopic (exact) mass is 290 g/mol. The number of nitrogens with one attached hydrogen (secondary N) is 3. The van der Waals surface area contributed by atoms with Gasteiger partial charge in [0, 0.05) is 39.0 Å². The lowest BCUT2D eigenvalue weighted by molar-refractivity contribution is -0.118. The molecule has 0 aliphatic heterocycles. The summed E-state index contributed by atoms with van der Waals surface area (Å²) in [6, 6.07) is 10.4. The molecule has 0 spiro atoms. The van der Waals surface area contributed by atoms with E-state index in [9.17, 15) is 4.79 Å². The van der Waals surface area contributed by atoms with E-state index < -0.39 is 0 Å². The molecular weight excluding hydrogens is 264 g/mol. The van der Waals surface area contributed by atoms with Crippen LogP contribution in [0.4, 0.5) is 0 Å². The predicted molar refractivity (Wildman–Crippen MR) is 87.5 cm³/mol. The first-order valence-electron chi connectivity index (χ1n) is 7.45. The van der Waals surface area contributed by atoms with Crippen LogP contribution in [0.15, 0.2) is 35.3 Å². The first-order valence-corrected chi connectivity index (χ1v) is 7.45. The van der Waals surface area contributed by atoms with Crippen LogP contribution in [-0.2, 0) is 4.79 Å². The number of amides is 1. The molecule has 1 amide bonds. The highest BCUT2D eigenvalue weighted by Gasteiger charge is 2.04. The normalized spacial score (nSPS) is 12.6. The zero-order chi connectivity index (χ0) is 15.5. The fourth-order valence-corrected chi connectivity index (χ4v) is 1.88. The molecule has 0 aliphatic rings. The molecule has 1 unspecified atom stereocenters. The number of guanidine groups is 1. The summed E-state index contributed by atoms with van der Waals surface area (Å²) in [6.07, 6.45) is 0. The Morgan fingerprint density at radius 3 is 2.43 bits per heavy atom.